The van der Waals surface area contributed by atoms with Crippen LogP contribution in [0, 0.1) is 0 Å². The summed E-state index contributed by atoms with van der Waals surface area (Å²) in [5, 5.41) is 9.31. The van der Waals surface area contributed by atoms with Crippen LogP contribution >= 0.6 is 0 Å². The standard InChI is InChI=1S/C13H28O4S.K/c1-2-3-4-5-6-7-8-9-10-11-13(14)12-18(15,16)17;/h13-14H,2-12H2,1H3,(H,15,16,17);/q;+1/p-1. The molecule has 1 atom stereocenters. The number of aliphatic hydroxyl groups excluding tert-OH is 1. The van der Waals surface area contributed by atoms with Crippen LogP contribution in [0.1, 0.15) is 71.1 Å². The van der Waals surface area contributed by atoms with Gasteiger partial charge in [0.15, 0.2) is 0 Å². The monoisotopic (exact) mass is 318 g/mol. The molecule has 0 aromatic rings. The van der Waals surface area contributed by atoms with Crippen LogP contribution in [0.3, 0.4) is 0 Å². The van der Waals surface area contributed by atoms with Crippen molar-refractivity contribution in [1.82, 2.24) is 0 Å². The Labute approximate surface area is 160 Å². The van der Waals surface area contributed by atoms with Gasteiger partial charge in [-0.05, 0) is 6.42 Å². The molecule has 1 unspecified atom stereocenters. The van der Waals surface area contributed by atoms with E-state index >= 15 is 0 Å². The van der Waals surface area contributed by atoms with Crippen LogP contribution in [0.4, 0.5) is 0 Å². The van der Waals surface area contributed by atoms with Crippen molar-refractivity contribution in [3.8, 4) is 0 Å². The van der Waals surface area contributed by atoms with Crippen molar-refractivity contribution < 1.29 is 69.5 Å². The molecule has 1 N–H and O–H groups in total. The van der Waals surface area contributed by atoms with Crippen LogP contribution in [0.5, 0.6) is 0 Å². The van der Waals surface area contributed by atoms with Crippen LogP contribution in [0.25, 0.3) is 0 Å². The van der Waals surface area contributed by atoms with Crippen molar-refractivity contribution in [2.24, 2.45) is 0 Å². The van der Waals surface area contributed by atoms with Gasteiger partial charge in [-0.15, -0.1) is 0 Å². The van der Waals surface area contributed by atoms with Crippen molar-refractivity contribution in [2.45, 2.75) is 77.2 Å². The maximum atomic E-state index is 10.4. The van der Waals surface area contributed by atoms with Crippen LogP contribution in [-0.2, 0) is 10.1 Å². The van der Waals surface area contributed by atoms with E-state index < -0.39 is 22.0 Å². The molecule has 0 aromatic carbocycles. The minimum absolute atomic E-state index is 0. The van der Waals surface area contributed by atoms with Crippen molar-refractivity contribution in [3.63, 3.8) is 0 Å². The van der Waals surface area contributed by atoms with Gasteiger partial charge in [0, 0.05) is 0 Å². The van der Waals surface area contributed by atoms with Crippen molar-refractivity contribution in [2.75, 3.05) is 5.75 Å². The molecule has 0 fully saturated rings. The summed E-state index contributed by atoms with van der Waals surface area (Å²) < 4.78 is 31.2. The Morgan fingerprint density at radius 3 is 1.79 bits per heavy atom. The van der Waals surface area contributed by atoms with Gasteiger partial charge in [-0.1, -0.05) is 64.7 Å². The average molecular weight is 319 g/mol. The van der Waals surface area contributed by atoms with Crippen molar-refractivity contribution in [1.29, 1.82) is 0 Å². The van der Waals surface area contributed by atoms with Crippen molar-refractivity contribution in [3.05, 3.63) is 0 Å². The molecule has 0 radical (unpaired) electrons. The summed E-state index contributed by atoms with van der Waals surface area (Å²) in [5.74, 6) is -0.649. The molecule has 19 heavy (non-hydrogen) atoms. The summed E-state index contributed by atoms with van der Waals surface area (Å²) in [6.45, 7) is 2.20. The van der Waals surface area contributed by atoms with E-state index in [1.54, 1.807) is 0 Å². The van der Waals surface area contributed by atoms with E-state index in [0.29, 0.717) is 6.42 Å². The molecule has 0 aliphatic carbocycles. The van der Waals surface area contributed by atoms with E-state index in [1.165, 1.54) is 38.5 Å². The Hall–Kier alpha value is 1.51. The number of rotatable bonds is 12. The molecule has 0 amide bonds. The van der Waals surface area contributed by atoms with Gasteiger partial charge < -0.3 is 9.66 Å². The van der Waals surface area contributed by atoms with E-state index in [1.807, 2.05) is 0 Å². The SMILES string of the molecule is CCCCCCCCCCCC(O)CS(=O)(=O)[O-].[K+]. The molecule has 0 spiro atoms. The van der Waals surface area contributed by atoms with Gasteiger partial charge in [-0.25, -0.2) is 8.42 Å². The molecule has 0 saturated heterocycles. The Kier molecular flexibility index (Phi) is 17.3. The number of hydrogen-bond donors (Lipinski definition) is 1. The predicted octanol–water partition coefficient (Wildman–Crippen LogP) is -0.183. The summed E-state index contributed by atoms with van der Waals surface area (Å²) in [4.78, 5) is 0. The zero-order chi connectivity index (χ0) is 13.9. The molecule has 4 nitrogen and oxygen atoms in total. The van der Waals surface area contributed by atoms with Crippen LogP contribution in [-0.4, -0.2) is 29.9 Å². The third-order valence-electron chi connectivity index (χ3n) is 3.04. The maximum absolute atomic E-state index is 10.4. The summed E-state index contributed by atoms with van der Waals surface area (Å²) in [6, 6.07) is 0. The topological polar surface area (TPSA) is 77.4 Å². The first-order valence-electron chi connectivity index (χ1n) is 7.07. The predicted molar refractivity (Wildman–Crippen MR) is 72.4 cm³/mol. The van der Waals surface area contributed by atoms with E-state index in [4.69, 9.17) is 0 Å². The molecule has 0 heterocycles. The first-order chi connectivity index (χ1) is 8.45. The largest absolute Gasteiger partial charge is 1.00 e. The molecule has 0 bridgehead atoms. The van der Waals surface area contributed by atoms with Gasteiger partial charge in [0.25, 0.3) is 0 Å². The minimum Gasteiger partial charge on any atom is -0.748 e. The van der Waals surface area contributed by atoms with Crippen LogP contribution in [0.15, 0.2) is 0 Å². The average Bonchev–Trinajstić information content (AvgIpc) is 2.24. The van der Waals surface area contributed by atoms with E-state index in [-0.39, 0.29) is 51.4 Å². The Morgan fingerprint density at radius 1 is 0.947 bits per heavy atom. The van der Waals surface area contributed by atoms with Gasteiger partial charge in [-0.3, -0.25) is 0 Å². The third kappa shape index (κ3) is 19.5. The number of hydrogen-bond acceptors (Lipinski definition) is 4. The maximum Gasteiger partial charge on any atom is 1.00 e. The van der Waals surface area contributed by atoms with Gasteiger partial charge >= 0.3 is 51.4 Å². The minimum atomic E-state index is -4.28. The van der Waals surface area contributed by atoms with Crippen LogP contribution in [0.2, 0.25) is 0 Å². The van der Waals surface area contributed by atoms with Gasteiger partial charge in [0.2, 0.25) is 0 Å². The normalized spacial score (nSPS) is 13.0. The van der Waals surface area contributed by atoms with E-state index in [2.05, 4.69) is 6.92 Å². The van der Waals surface area contributed by atoms with Crippen LogP contribution < -0.4 is 51.4 Å². The van der Waals surface area contributed by atoms with Gasteiger partial charge in [-0.2, -0.15) is 0 Å². The summed E-state index contributed by atoms with van der Waals surface area (Å²) in [5.41, 5.74) is 0. The summed E-state index contributed by atoms with van der Waals surface area (Å²) in [6.07, 6.45) is 10.0. The molecule has 0 rings (SSSR count). The first kappa shape index (κ1) is 22.8. The Morgan fingerprint density at radius 2 is 1.37 bits per heavy atom. The van der Waals surface area contributed by atoms with E-state index in [9.17, 15) is 18.1 Å². The molecule has 0 aliphatic rings. The molecule has 0 aromatic heterocycles. The fourth-order valence-corrected chi connectivity index (χ4v) is 2.65. The van der Waals surface area contributed by atoms with Crippen molar-refractivity contribution >= 4 is 10.1 Å². The molecular formula is C13H27KO4S. The third-order valence-corrected chi connectivity index (χ3v) is 3.83. The van der Waals surface area contributed by atoms with Gasteiger partial charge in [0.05, 0.1) is 22.0 Å². The number of unbranched alkanes of at least 4 members (excludes halogenated alkanes) is 8. The Balaban J connectivity index is 0. The summed E-state index contributed by atoms with van der Waals surface area (Å²) >= 11 is 0. The fourth-order valence-electron chi connectivity index (χ4n) is 2.01. The molecule has 110 valence electrons. The summed E-state index contributed by atoms with van der Waals surface area (Å²) in [7, 11) is -4.28. The molecule has 0 aliphatic heterocycles. The Bertz CT molecular complexity index is 280. The molecule has 6 heteroatoms. The molecular weight excluding hydrogens is 291 g/mol. The second-order valence-electron chi connectivity index (χ2n) is 5.00. The second kappa shape index (κ2) is 14.4. The van der Waals surface area contributed by atoms with Gasteiger partial charge in [0.1, 0.15) is 0 Å². The first-order valence-corrected chi connectivity index (χ1v) is 8.65. The quantitative estimate of drug-likeness (QED) is 0.308. The number of aliphatic hydroxyl groups is 1. The second-order valence-corrected chi connectivity index (χ2v) is 6.44. The fraction of sp³-hybridized carbons (Fsp3) is 1.00. The molecule has 0 saturated carbocycles. The van der Waals surface area contributed by atoms with E-state index in [0.717, 1.165) is 19.3 Å². The smallest absolute Gasteiger partial charge is 0.748 e. The zero-order valence-electron chi connectivity index (χ0n) is 12.4. The zero-order valence-corrected chi connectivity index (χ0v) is 16.4.